The van der Waals surface area contributed by atoms with Crippen molar-refractivity contribution in [1.29, 1.82) is 0 Å². The molecule has 1 heterocycles. The number of nitro groups is 1. The standard InChI is InChI=1S/C9H7F2IN2O4/c1-2-18-9(15)5-3-4(12)7(14(16)17)6(13-5)8(10)11/h3,8H,2H2,1H3. The molecule has 1 aromatic rings. The van der Waals surface area contributed by atoms with E-state index in [2.05, 4.69) is 9.72 Å². The molecule has 1 rings (SSSR count). The Morgan fingerprint density at radius 3 is 2.72 bits per heavy atom. The van der Waals surface area contributed by atoms with E-state index in [-0.39, 0.29) is 15.9 Å². The van der Waals surface area contributed by atoms with E-state index < -0.39 is 28.7 Å². The van der Waals surface area contributed by atoms with Crippen LogP contribution in [-0.2, 0) is 4.74 Å². The van der Waals surface area contributed by atoms with E-state index >= 15 is 0 Å². The van der Waals surface area contributed by atoms with Gasteiger partial charge in [-0.25, -0.2) is 18.6 Å². The normalized spacial score (nSPS) is 10.5. The third kappa shape index (κ3) is 3.09. The summed E-state index contributed by atoms with van der Waals surface area (Å²) in [4.78, 5) is 24.4. The summed E-state index contributed by atoms with van der Waals surface area (Å²) in [6.07, 6.45) is -3.15. The Labute approximate surface area is 114 Å². The zero-order valence-corrected chi connectivity index (χ0v) is 11.2. The maximum absolute atomic E-state index is 12.7. The van der Waals surface area contributed by atoms with Crippen LogP contribution < -0.4 is 0 Å². The molecular formula is C9H7F2IN2O4. The number of alkyl halides is 2. The van der Waals surface area contributed by atoms with Gasteiger partial charge in [0.25, 0.3) is 6.43 Å². The van der Waals surface area contributed by atoms with Gasteiger partial charge in [0.2, 0.25) is 0 Å². The molecule has 0 aromatic carbocycles. The second-order valence-corrected chi connectivity index (χ2v) is 4.16. The minimum absolute atomic E-state index is 0.0537. The summed E-state index contributed by atoms with van der Waals surface area (Å²) in [6.45, 7) is 1.60. The molecule has 9 heteroatoms. The highest BCUT2D eigenvalue weighted by atomic mass is 127. The maximum Gasteiger partial charge on any atom is 0.356 e. The van der Waals surface area contributed by atoms with Crippen molar-refractivity contribution in [2.75, 3.05) is 6.61 Å². The highest BCUT2D eigenvalue weighted by molar-refractivity contribution is 14.1. The third-order valence-electron chi connectivity index (χ3n) is 1.85. The number of halogens is 3. The van der Waals surface area contributed by atoms with Crippen molar-refractivity contribution in [3.05, 3.63) is 31.1 Å². The van der Waals surface area contributed by atoms with Crippen molar-refractivity contribution in [3.8, 4) is 0 Å². The number of pyridine rings is 1. The van der Waals surface area contributed by atoms with Gasteiger partial charge in [-0.05, 0) is 35.6 Å². The van der Waals surface area contributed by atoms with Crippen LogP contribution in [0, 0.1) is 13.7 Å². The lowest BCUT2D eigenvalue weighted by molar-refractivity contribution is -0.387. The number of hydrogen-bond donors (Lipinski definition) is 0. The number of rotatable bonds is 4. The minimum atomic E-state index is -3.15. The lowest BCUT2D eigenvalue weighted by Gasteiger charge is -2.06. The molecule has 18 heavy (non-hydrogen) atoms. The average Bonchev–Trinajstić information content (AvgIpc) is 2.27. The van der Waals surface area contributed by atoms with E-state index in [0.717, 1.165) is 6.07 Å². The number of carbonyl (C=O) groups excluding carboxylic acids is 1. The van der Waals surface area contributed by atoms with Crippen LogP contribution in [0.1, 0.15) is 29.5 Å². The molecular weight excluding hydrogens is 365 g/mol. The van der Waals surface area contributed by atoms with Gasteiger partial charge < -0.3 is 4.74 Å². The average molecular weight is 372 g/mol. The molecule has 0 aliphatic rings. The quantitative estimate of drug-likeness (QED) is 0.351. The monoisotopic (exact) mass is 372 g/mol. The van der Waals surface area contributed by atoms with Gasteiger partial charge >= 0.3 is 11.7 Å². The van der Waals surface area contributed by atoms with Crippen molar-refractivity contribution in [1.82, 2.24) is 4.98 Å². The SMILES string of the molecule is CCOC(=O)c1cc(I)c([N+](=O)[O-])c(C(F)F)n1. The molecule has 0 amide bonds. The first-order valence-electron chi connectivity index (χ1n) is 4.68. The molecule has 6 nitrogen and oxygen atoms in total. The Morgan fingerprint density at radius 1 is 1.67 bits per heavy atom. The Hall–Kier alpha value is -1.39. The van der Waals surface area contributed by atoms with Crippen LogP contribution in [0.5, 0.6) is 0 Å². The molecule has 0 aliphatic carbocycles. The van der Waals surface area contributed by atoms with Crippen molar-refractivity contribution in [2.45, 2.75) is 13.3 Å². The van der Waals surface area contributed by atoms with Crippen LogP contribution in [0.15, 0.2) is 6.07 Å². The van der Waals surface area contributed by atoms with Gasteiger partial charge in [0, 0.05) is 0 Å². The molecule has 98 valence electrons. The van der Waals surface area contributed by atoms with E-state index in [4.69, 9.17) is 0 Å². The summed E-state index contributed by atoms with van der Waals surface area (Å²) >= 11 is 1.50. The molecule has 0 atom stereocenters. The number of nitrogens with zero attached hydrogens (tertiary/aromatic N) is 2. The summed E-state index contributed by atoms with van der Waals surface area (Å²) in [5, 5.41) is 10.7. The van der Waals surface area contributed by atoms with E-state index in [1.54, 1.807) is 6.92 Å². The first-order chi connectivity index (χ1) is 8.38. The molecule has 0 saturated heterocycles. The van der Waals surface area contributed by atoms with Crippen LogP contribution in [0.4, 0.5) is 14.5 Å². The summed E-state index contributed by atoms with van der Waals surface area (Å²) in [7, 11) is 0. The summed E-state index contributed by atoms with van der Waals surface area (Å²) < 4.78 is 29.9. The van der Waals surface area contributed by atoms with E-state index in [1.165, 1.54) is 22.6 Å². The second kappa shape index (κ2) is 5.98. The molecule has 0 bridgehead atoms. The molecule has 0 spiro atoms. The van der Waals surface area contributed by atoms with Crippen LogP contribution >= 0.6 is 22.6 Å². The predicted molar refractivity (Wildman–Crippen MR) is 64.5 cm³/mol. The van der Waals surface area contributed by atoms with Crippen LogP contribution in [-0.4, -0.2) is 22.5 Å². The van der Waals surface area contributed by atoms with E-state index in [1.807, 2.05) is 0 Å². The zero-order valence-electron chi connectivity index (χ0n) is 9.02. The fourth-order valence-electron chi connectivity index (χ4n) is 1.17. The van der Waals surface area contributed by atoms with Gasteiger partial charge in [0.05, 0.1) is 15.1 Å². The first-order valence-corrected chi connectivity index (χ1v) is 5.76. The van der Waals surface area contributed by atoms with E-state index in [0.29, 0.717) is 0 Å². The van der Waals surface area contributed by atoms with Crippen molar-refractivity contribution < 1.29 is 23.2 Å². The lowest BCUT2D eigenvalue weighted by Crippen LogP contribution is -2.11. The molecule has 1 aromatic heterocycles. The highest BCUT2D eigenvalue weighted by Gasteiger charge is 2.29. The summed E-state index contributed by atoms with van der Waals surface area (Å²) in [5.74, 6) is -0.896. The largest absolute Gasteiger partial charge is 0.461 e. The van der Waals surface area contributed by atoms with Gasteiger partial charge in [0.15, 0.2) is 11.4 Å². The fraction of sp³-hybridized carbons (Fsp3) is 0.333. The van der Waals surface area contributed by atoms with Crippen LogP contribution in [0.25, 0.3) is 0 Å². The minimum Gasteiger partial charge on any atom is -0.461 e. The zero-order chi connectivity index (χ0) is 13.9. The lowest BCUT2D eigenvalue weighted by atomic mass is 10.2. The van der Waals surface area contributed by atoms with Gasteiger partial charge in [-0.15, -0.1) is 0 Å². The Morgan fingerprint density at radius 2 is 2.28 bits per heavy atom. The molecule has 0 radical (unpaired) electrons. The van der Waals surface area contributed by atoms with Gasteiger partial charge in [0.1, 0.15) is 0 Å². The highest BCUT2D eigenvalue weighted by Crippen LogP contribution is 2.31. The number of aromatic nitrogens is 1. The first kappa shape index (κ1) is 14.7. The van der Waals surface area contributed by atoms with Crippen molar-refractivity contribution in [2.24, 2.45) is 0 Å². The van der Waals surface area contributed by atoms with Gasteiger partial charge in [-0.1, -0.05) is 0 Å². The number of hydrogen-bond acceptors (Lipinski definition) is 5. The smallest absolute Gasteiger partial charge is 0.356 e. The predicted octanol–water partition coefficient (Wildman–Crippen LogP) is 2.71. The van der Waals surface area contributed by atoms with Gasteiger partial charge in [-0.2, -0.15) is 0 Å². The van der Waals surface area contributed by atoms with Crippen molar-refractivity contribution in [3.63, 3.8) is 0 Å². The Bertz CT molecular complexity index is 496. The summed E-state index contributed by atoms with van der Waals surface area (Å²) in [5.41, 5.74) is -2.20. The summed E-state index contributed by atoms with van der Waals surface area (Å²) in [6, 6.07) is 1.04. The molecule has 0 fully saturated rings. The van der Waals surface area contributed by atoms with Crippen LogP contribution in [0.3, 0.4) is 0 Å². The molecule has 0 aliphatic heterocycles. The molecule has 0 saturated carbocycles. The molecule has 0 N–H and O–H groups in total. The fourth-order valence-corrected chi connectivity index (χ4v) is 1.94. The second-order valence-electron chi connectivity index (χ2n) is 3.00. The number of carbonyl (C=O) groups is 1. The number of esters is 1. The number of ether oxygens (including phenoxy) is 1. The van der Waals surface area contributed by atoms with Crippen LogP contribution in [0.2, 0.25) is 0 Å². The Balaban J connectivity index is 3.36. The van der Waals surface area contributed by atoms with E-state index in [9.17, 15) is 23.7 Å². The molecule has 0 unspecified atom stereocenters. The third-order valence-corrected chi connectivity index (χ3v) is 2.67. The van der Waals surface area contributed by atoms with Crippen molar-refractivity contribution >= 4 is 34.2 Å². The maximum atomic E-state index is 12.7. The Kier molecular flexibility index (Phi) is 4.87. The van der Waals surface area contributed by atoms with Gasteiger partial charge in [-0.3, -0.25) is 10.1 Å². The topological polar surface area (TPSA) is 82.3 Å².